The van der Waals surface area contributed by atoms with Crippen molar-refractivity contribution in [2.75, 3.05) is 26.1 Å². The van der Waals surface area contributed by atoms with Crippen molar-refractivity contribution >= 4 is 28.5 Å². The summed E-state index contributed by atoms with van der Waals surface area (Å²) in [5.74, 6) is 1.20. The Bertz CT molecular complexity index is 1090. The predicted octanol–water partition coefficient (Wildman–Crippen LogP) is 4.00. The van der Waals surface area contributed by atoms with E-state index in [1.807, 2.05) is 13.0 Å². The van der Waals surface area contributed by atoms with Gasteiger partial charge in [-0.15, -0.1) is 0 Å². The second-order valence-electron chi connectivity index (χ2n) is 7.29. The Morgan fingerprint density at radius 2 is 1.77 bits per heavy atom. The SMILES string of the molecule is COc1ccc(NC(=O)C2CCCN2C(=O)c2oc3ccc(OC)cc3c2C)cc1. The molecule has 4 rings (SSSR count). The summed E-state index contributed by atoms with van der Waals surface area (Å²) in [6, 6.07) is 12.0. The molecule has 0 saturated carbocycles. The summed E-state index contributed by atoms with van der Waals surface area (Å²) >= 11 is 0. The van der Waals surface area contributed by atoms with E-state index in [0.29, 0.717) is 35.7 Å². The Morgan fingerprint density at radius 1 is 1.07 bits per heavy atom. The number of rotatable bonds is 5. The first-order valence-electron chi connectivity index (χ1n) is 9.85. The standard InChI is InChI=1S/C23H24N2O5/c1-14-18-13-17(29-3)10-11-20(18)30-21(14)23(27)25-12-4-5-19(25)22(26)24-15-6-8-16(28-2)9-7-15/h6-11,13,19H,4-5,12H2,1-3H3,(H,24,26). The average molecular weight is 408 g/mol. The van der Waals surface area contributed by atoms with E-state index in [-0.39, 0.29) is 17.6 Å². The molecule has 2 heterocycles. The Balaban J connectivity index is 1.55. The van der Waals surface area contributed by atoms with E-state index in [1.54, 1.807) is 55.5 Å². The quantitative estimate of drug-likeness (QED) is 0.690. The summed E-state index contributed by atoms with van der Waals surface area (Å²) in [6.45, 7) is 2.36. The van der Waals surface area contributed by atoms with Crippen LogP contribution in [0.25, 0.3) is 11.0 Å². The number of amides is 2. The molecule has 1 fully saturated rings. The molecule has 1 aliphatic rings. The van der Waals surface area contributed by atoms with Crippen LogP contribution in [0.2, 0.25) is 0 Å². The normalized spacial score (nSPS) is 16.0. The minimum atomic E-state index is -0.540. The monoisotopic (exact) mass is 408 g/mol. The van der Waals surface area contributed by atoms with Gasteiger partial charge in [-0.1, -0.05) is 0 Å². The molecule has 7 nitrogen and oxygen atoms in total. The molecular weight excluding hydrogens is 384 g/mol. The van der Waals surface area contributed by atoms with Crippen molar-refractivity contribution in [3.63, 3.8) is 0 Å². The lowest BCUT2D eigenvalue weighted by Crippen LogP contribution is -2.43. The lowest BCUT2D eigenvalue weighted by atomic mass is 10.1. The summed E-state index contributed by atoms with van der Waals surface area (Å²) in [4.78, 5) is 27.7. The van der Waals surface area contributed by atoms with E-state index in [2.05, 4.69) is 5.32 Å². The molecule has 30 heavy (non-hydrogen) atoms. The van der Waals surface area contributed by atoms with Crippen molar-refractivity contribution in [3.8, 4) is 11.5 Å². The Kier molecular flexibility index (Phi) is 5.35. The maximum Gasteiger partial charge on any atom is 0.290 e. The van der Waals surface area contributed by atoms with E-state index < -0.39 is 6.04 Å². The molecule has 1 saturated heterocycles. The van der Waals surface area contributed by atoms with E-state index >= 15 is 0 Å². The van der Waals surface area contributed by atoms with Gasteiger partial charge in [0.25, 0.3) is 5.91 Å². The second kappa shape index (κ2) is 8.10. The van der Waals surface area contributed by atoms with Crippen LogP contribution >= 0.6 is 0 Å². The maximum absolute atomic E-state index is 13.2. The molecule has 7 heteroatoms. The summed E-state index contributed by atoms with van der Waals surface area (Å²) < 4.78 is 16.3. The van der Waals surface area contributed by atoms with Gasteiger partial charge in [-0.25, -0.2) is 0 Å². The Labute approximate surface area is 174 Å². The minimum absolute atomic E-state index is 0.207. The second-order valence-corrected chi connectivity index (χ2v) is 7.29. The third-order valence-corrected chi connectivity index (χ3v) is 5.51. The lowest BCUT2D eigenvalue weighted by Gasteiger charge is -2.23. The number of carbonyl (C=O) groups excluding carboxylic acids is 2. The van der Waals surface area contributed by atoms with Crippen LogP contribution in [-0.4, -0.2) is 43.5 Å². The number of anilines is 1. The van der Waals surface area contributed by atoms with Gasteiger partial charge in [0.15, 0.2) is 5.76 Å². The molecule has 3 aromatic rings. The highest BCUT2D eigenvalue weighted by Gasteiger charge is 2.36. The number of furan rings is 1. The molecule has 1 aromatic heterocycles. The van der Waals surface area contributed by atoms with Crippen LogP contribution in [0.3, 0.4) is 0 Å². The number of fused-ring (bicyclic) bond motifs is 1. The number of carbonyl (C=O) groups is 2. The Hall–Kier alpha value is -3.48. The minimum Gasteiger partial charge on any atom is -0.497 e. The first-order chi connectivity index (χ1) is 14.5. The number of hydrogen-bond donors (Lipinski definition) is 1. The molecule has 1 atom stereocenters. The number of likely N-dealkylation sites (tertiary alicyclic amines) is 1. The molecule has 2 aromatic carbocycles. The average Bonchev–Trinajstić information content (AvgIpc) is 3.39. The van der Waals surface area contributed by atoms with Crippen molar-refractivity contribution < 1.29 is 23.5 Å². The number of benzene rings is 2. The molecule has 1 N–H and O–H groups in total. The van der Waals surface area contributed by atoms with Gasteiger partial charge < -0.3 is 24.1 Å². The molecule has 1 aliphatic heterocycles. The van der Waals surface area contributed by atoms with Crippen LogP contribution in [0.15, 0.2) is 46.9 Å². The topological polar surface area (TPSA) is 81.0 Å². The van der Waals surface area contributed by atoms with E-state index in [1.165, 1.54) is 0 Å². The fraction of sp³-hybridized carbons (Fsp3) is 0.304. The van der Waals surface area contributed by atoms with Crippen LogP contribution in [0, 0.1) is 6.92 Å². The number of nitrogens with zero attached hydrogens (tertiary/aromatic N) is 1. The van der Waals surface area contributed by atoms with Crippen molar-refractivity contribution in [3.05, 3.63) is 53.8 Å². The van der Waals surface area contributed by atoms with Gasteiger partial charge in [0, 0.05) is 23.2 Å². The fourth-order valence-corrected chi connectivity index (χ4v) is 3.84. The van der Waals surface area contributed by atoms with E-state index in [4.69, 9.17) is 13.9 Å². The van der Waals surface area contributed by atoms with Gasteiger partial charge in [-0.3, -0.25) is 9.59 Å². The third-order valence-electron chi connectivity index (χ3n) is 5.51. The lowest BCUT2D eigenvalue weighted by molar-refractivity contribution is -0.119. The summed E-state index contributed by atoms with van der Waals surface area (Å²) in [7, 11) is 3.19. The number of aryl methyl sites for hydroxylation is 1. The first kappa shape index (κ1) is 19.8. The zero-order chi connectivity index (χ0) is 21.3. The molecule has 0 aliphatic carbocycles. The fourth-order valence-electron chi connectivity index (χ4n) is 3.84. The highest BCUT2D eigenvalue weighted by atomic mass is 16.5. The predicted molar refractivity (Wildman–Crippen MR) is 113 cm³/mol. The molecule has 0 radical (unpaired) electrons. The zero-order valence-corrected chi connectivity index (χ0v) is 17.2. The summed E-state index contributed by atoms with van der Waals surface area (Å²) in [6.07, 6.45) is 1.38. The number of hydrogen-bond acceptors (Lipinski definition) is 5. The first-order valence-corrected chi connectivity index (χ1v) is 9.85. The number of nitrogens with one attached hydrogen (secondary N) is 1. The van der Waals surface area contributed by atoms with Crippen LogP contribution < -0.4 is 14.8 Å². The van der Waals surface area contributed by atoms with Crippen molar-refractivity contribution in [2.24, 2.45) is 0 Å². The van der Waals surface area contributed by atoms with Crippen molar-refractivity contribution in [2.45, 2.75) is 25.8 Å². The molecular formula is C23H24N2O5. The van der Waals surface area contributed by atoms with Gasteiger partial charge in [-0.2, -0.15) is 0 Å². The highest BCUT2D eigenvalue weighted by molar-refractivity contribution is 6.03. The van der Waals surface area contributed by atoms with Gasteiger partial charge in [-0.05, 0) is 62.2 Å². The molecule has 0 spiro atoms. The van der Waals surface area contributed by atoms with Crippen LogP contribution in [0.4, 0.5) is 5.69 Å². The van der Waals surface area contributed by atoms with Crippen LogP contribution in [-0.2, 0) is 4.79 Å². The molecule has 0 bridgehead atoms. The van der Waals surface area contributed by atoms with Crippen LogP contribution in [0.5, 0.6) is 11.5 Å². The third kappa shape index (κ3) is 3.58. The molecule has 1 unspecified atom stereocenters. The largest absolute Gasteiger partial charge is 0.497 e. The molecule has 2 amide bonds. The van der Waals surface area contributed by atoms with Crippen LogP contribution in [0.1, 0.15) is 29.0 Å². The molecule has 156 valence electrons. The van der Waals surface area contributed by atoms with Gasteiger partial charge >= 0.3 is 0 Å². The zero-order valence-electron chi connectivity index (χ0n) is 17.2. The van der Waals surface area contributed by atoms with Gasteiger partial charge in [0.1, 0.15) is 23.1 Å². The highest BCUT2D eigenvalue weighted by Crippen LogP contribution is 2.31. The van der Waals surface area contributed by atoms with E-state index in [0.717, 1.165) is 17.4 Å². The smallest absolute Gasteiger partial charge is 0.290 e. The van der Waals surface area contributed by atoms with E-state index in [9.17, 15) is 9.59 Å². The van der Waals surface area contributed by atoms with Gasteiger partial charge in [0.2, 0.25) is 5.91 Å². The summed E-state index contributed by atoms with van der Waals surface area (Å²) in [5.41, 5.74) is 2.03. The number of ether oxygens (including phenoxy) is 2. The summed E-state index contributed by atoms with van der Waals surface area (Å²) in [5, 5.41) is 3.72. The Morgan fingerprint density at radius 3 is 2.47 bits per heavy atom. The van der Waals surface area contributed by atoms with Crippen molar-refractivity contribution in [1.29, 1.82) is 0 Å². The maximum atomic E-state index is 13.2. The van der Waals surface area contributed by atoms with Gasteiger partial charge in [0.05, 0.1) is 14.2 Å². The number of methoxy groups -OCH3 is 2. The van der Waals surface area contributed by atoms with Crippen molar-refractivity contribution in [1.82, 2.24) is 4.90 Å².